The Morgan fingerprint density at radius 1 is 1.08 bits per heavy atom. The number of aromatic nitrogens is 4. The van der Waals surface area contributed by atoms with Crippen molar-refractivity contribution in [2.24, 2.45) is 0 Å². The highest BCUT2D eigenvalue weighted by Crippen LogP contribution is 2.31. The number of imidazole rings is 1. The molecule has 0 amide bonds. The molecule has 0 saturated carbocycles. The Balaban J connectivity index is 1.89. The highest BCUT2D eigenvalue weighted by molar-refractivity contribution is 9.10. The molecule has 4 rings (SSSR count). The summed E-state index contributed by atoms with van der Waals surface area (Å²) in [5.74, 6) is -0.844. The van der Waals surface area contributed by atoms with Gasteiger partial charge in [-0.2, -0.15) is 9.97 Å². The molecule has 0 spiro atoms. The summed E-state index contributed by atoms with van der Waals surface area (Å²) < 4.78 is 36.0. The molecular weight excluding hydrogens is 408 g/mol. The van der Waals surface area contributed by atoms with Gasteiger partial charge in [0.25, 0.3) is 0 Å². The zero-order valence-corrected chi connectivity index (χ0v) is 15.3. The lowest BCUT2D eigenvalue weighted by Gasteiger charge is -2.12. The van der Waals surface area contributed by atoms with Crippen LogP contribution >= 0.6 is 15.9 Å². The van der Waals surface area contributed by atoms with Crippen molar-refractivity contribution in [1.82, 2.24) is 19.4 Å². The number of nitrogens with zero attached hydrogens (tertiary/aromatic N) is 4. The number of fused-ring (bicyclic) bond motifs is 2. The van der Waals surface area contributed by atoms with E-state index in [1.54, 1.807) is 29.8 Å². The van der Waals surface area contributed by atoms with Crippen molar-refractivity contribution >= 4 is 44.0 Å². The third-order valence-corrected chi connectivity index (χ3v) is 4.22. The van der Waals surface area contributed by atoms with Gasteiger partial charge in [0.15, 0.2) is 11.5 Å². The van der Waals surface area contributed by atoms with Crippen LogP contribution in [0.25, 0.3) is 16.6 Å². The molecule has 0 aliphatic heterocycles. The van der Waals surface area contributed by atoms with Crippen molar-refractivity contribution in [3.63, 3.8) is 0 Å². The molecule has 0 aliphatic rings. The Labute approximate surface area is 155 Å². The van der Waals surface area contributed by atoms with Gasteiger partial charge < -0.3 is 14.5 Å². The molecule has 1 N–H and O–H groups in total. The van der Waals surface area contributed by atoms with E-state index in [-0.39, 0.29) is 22.9 Å². The molecule has 0 saturated heterocycles. The average molecular weight is 420 g/mol. The van der Waals surface area contributed by atoms with E-state index in [1.165, 1.54) is 19.2 Å². The van der Waals surface area contributed by atoms with E-state index in [2.05, 4.69) is 36.2 Å². The van der Waals surface area contributed by atoms with Gasteiger partial charge in [-0.05, 0) is 19.1 Å². The Kier molecular flexibility index (Phi) is 3.95. The fourth-order valence-corrected chi connectivity index (χ4v) is 3.15. The average Bonchev–Trinajstić information content (AvgIpc) is 2.94. The second kappa shape index (κ2) is 6.17. The van der Waals surface area contributed by atoms with Gasteiger partial charge in [-0.25, -0.2) is 13.8 Å². The second-order valence-electron chi connectivity index (χ2n) is 5.66. The summed E-state index contributed by atoms with van der Waals surface area (Å²) in [5.41, 5.74) is 1.64. The fraction of sp³-hybridized carbons (Fsp3) is 0.118. The standard InChI is InChI=1S/C17H12BrF2N5O/c1-8-6-25-7-10(5-12(20)16(25)21-8)22-15-14-11(19)3-9(18)4-13(14)23-17(24-15)26-2/h3-7H,1-2H3,(H,22,23,24). The van der Waals surface area contributed by atoms with Crippen LogP contribution in [0.4, 0.5) is 20.3 Å². The van der Waals surface area contributed by atoms with E-state index in [4.69, 9.17) is 4.74 Å². The number of methoxy groups -OCH3 is 1. The predicted molar refractivity (Wildman–Crippen MR) is 96.9 cm³/mol. The van der Waals surface area contributed by atoms with Gasteiger partial charge in [-0.1, -0.05) is 15.9 Å². The Morgan fingerprint density at radius 3 is 2.65 bits per heavy atom. The number of aryl methyl sites for hydroxylation is 1. The molecule has 3 heterocycles. The summed E-state index contributed by atoms with van der Waals surface area (Å²) >= 11 is 3.24. The van der Waals surface area contributed by atoms with E-state index in [0.717, 1.165) is 0 Å². The third kappa shape index (κ3) is 2.84. The van der Waals surface area contributed by atoms with Crippen LogP contribution in [-0.2, 0) is 0 Å². The zero-order valence-electron chi connectivity index (χ0n) is 13.7. The molecule has 3 aromatic heterocycles. The van der Waals surface area contributed by atoms with E-state index < -0.39 is 11.6 Å². The Morgan fingerprint density at radius 2 is 1.88 bits per heavy atom. The van der Waals surface area contributed by atoms with Gasteiger partial charge in [0, 0.05) is 22.9 Å². The molecule has 0 aliphatic carbocycles. The van der Waals surface area contributed by atoms with Gasteiger partial charge in [-0.15, -0.1) is 0 Å². The van der Waals surface area contributed by atoms with Crippen molar-refractivity contribution < 1.29 is 13.5 Å². The van der Waals surface area contributed by atoms with Crippen LogP contribution in [0, 0.1) is 18.6 Å². The molecule has 0 bridgehead atoms. The molecule has 6 nitrogen and oxygen atoms in total. The van der Waals surface area contributed by atoms with Gasteiger partial charge in [0.1, 0.15) is 11.6 Å². The third-order valence-electron chi connectivity index (χ3n) is 3.77. The minimum absolute atomic E-state index is 0.0672. The maximum atomic E-state index is 14.5. The topological polar surface area (TPSA) is 64.3 Å². The minimum Gasteiger partial charge on any atom is -0.467 e. The number of pyridine rings is 1. The maximum absolute atomic E-state index is 14.5. The van der Waals surface area contributed by atoms with Crippen LogP contribution in [0.3, 0.4) is 0 Å². The van der Waals surface area contributed by atoms with Crippen molar-refractivity contribution in [3.05, 3.63) is 52.4 Å². The lowest BCUT2D eigenvalue weighted by molar-refractivity contribution is 0.382. The molecule has 0 fully saturated rings. The van der Waals surface area contributed by atoms with Crippen LogP contribution in [0.5, 0.6) is 6.01 Å². The normalized spacial score (nSPS) is 11.3. The predicted octanol–water partition coefficient (Wildman–Crippen LogP) is 4.38. The summed E-state index contributed by atoms with van der Waals surface area (Å²) in [7, 11) is 1.42. The molecule has 4 aromatic rings. The summed E-state index contributed by atoms with van der Waals surface area (Å²) in [6.45, 7) is 1.77. The van der Waals surface area contributed by atoms with Crippen LogP contribution in [0.15, 0.2) is 35.1 Å². The quantitative estimate of drug-likeness (QED) is 0.533. The molecule has 1 aromatic carbocycles. The van der Waals surface area contributed by atoms with E-state index in [0.29, 0.717) is 21.4 Å². The van der Waals surface area contributed by atoms with Gasteiger partial charge >= 0.3 is 6.01 Å². The number of halogens is 3. The molecule has 0 unspecified atom stereocenters. The van der Waals surface area contributed by atoms with Crippen LogP contribution in [-0.4, -0.2) is 26.5 Å². The first kappa shape index (κ1) is 16.6. The number of nitrogens with one attached hydrogen (secondary N) is 1. The SMILES string of the molecule is COc1nc(Nc2cc(F)c3nc(C)cn3c2)c2c(F)cc(Br)cc2n1. The summed E-state index contributed by atoms with van der Waals surface area (Å²) in [4.78, 5) is 12.4. The van der Waals surface area contributed by atoms with E-state index in [9.17, 15) is 8.78 Å². The zero-order chi connectivity index (χ0) is 18.4. The molecule has 132 valence electrons. The first-order valence-corrected chi connectivity index (χ1v) is 8.36. The van der Waals surface area contributed by atoms with Crippen molar-refractivity contribution in [1.29, 1.82) is 0 Å². The van der Waals surface area contributed by atoms with E-state index >= 15 is 0 Å². The Bertz CT molecular complexity index is 1160. The fourth-order valence-electron chi connectivity index (χ4n) is 2.73. The number of anilines is 2. The first-order valence-electron chi connectivity index (χ1n) is 7.57. The smallest absolute Gasteiger partial charge is 0.318 e. The Hall–Kier alpha value is -2.81. The monoisotopic (exact) mass is 419 g/mol. The van der Waals surface area contributed by atoms with Crippen LogP contribution < -0.4 is 10.1 Å². The van der Waals surface area contributed by atoms with E-state index in [1.807, 2.05) is 0 Å². The maximum Gasteiger partial charge on any atom is 0.318 e. The van der Waals surface area contributed by atoms with Gasteiger partial charge in [0.2, 0.25) is 0 Å². The number of hydrogen-bond donors (Lipinski definition) is 1. The number of rotatable bonds is 3. The van der Waals surface area contributed by atoms with Gasteiger partial charge in [0.05, 0.1) is 29.4 Å². The summed E-state index contributed by atoms with van der Waals surface area (Å²) in [6, 6.07) is 4.31. The van der Waals surface area contributed by atoms with Crippen LogP contribution in [0.1, 0.15) is 5.69 Å². The molecule has 26 heavy (non-hydrogen) atoms. The van der Waals surface area contributed by atoms with Gasteiger partial charge in [-0.3, -0.25) is 0 Å². The number of ether oxygens (including phenoxy) is 1. The van der Waals surface area contributed by atoms with Crippen molar-refractivity contribution in [3.8, 4) is 6.01 Å². The lowest BCUT2D eigenvalue weighted by atomic mass is 10.2. The van der Waals surface area contributed by atoms with Crippen molar-refractivity contribution in [2.75, 3.05) is 12.4 Å². The first-order chi connectivity index (χ1) is 12.4. The number of hydrogen-bond acceptors (Lipinski definition) is 5. The highest BCUT2D eigenvalue weighted by Gasteiger charge is 2.15. The molecule has 0 atom stereocenters. The van der Waals surface area contributed by atoms with Crippen molar-refractivity contribution in [2.45, 2.75) is 6.92 Å². The van der Waals surface area contributed by atoms with Crippen LogP contribution in [0.2, 0.25) is 0 Å². The number of benzene rings is 1. The second-order valence-corrected chi connectivity index (χ2v) is 6.57. The minimum atomic E-state index is -0.514. The molecular formula is C17H12BrF2N5O. The molecule has 9 heteroatoms. The lowest BCUT2D eigenvalue weighted by Crippen LogP contribution is -2.02. The molecule has 0 radical (unpaired) electrons. The summed E-state index contributed by atoms with van der Waals surface area (Å²) in [5, 5.41) is 3.13. The highest BCUT2D eigenvalue weighted by atomic mass is 79.9. The largest absolute Gasteiger partial charge is 0.467 e. The summed E-state index contributed by atoms with van der Waals surface area (Å²) in [6.07, 6.45) is 3.34.